The van der Waals surface area contributed by atoms with Crippen molar-refractivity contribution in [3.63, 3.8) is 0 Å². The number of carboxylic acids is 1. The Kier molecular flexibility index (Phi) is 5.38. The topological polar surface area (TPSA) is 90.0 Å². The van der Waals surface area contributed by atoms with E-state index in [1.807, 2.05) is 7.05 Å². The van der Waals surface area contributed by atoms with Crippen LogP contribution in [0.3, 0.4) is 0 Å². The van der Waals surface area contributed by atoms with E-state index < -0.39 is 16.0 Å². The van der Waals surface area contributed by atoms with Crippen LogP contribution in [0.1, 0.15) is 15.9 Å². The SMILES string of the molecule is Cc1ccccc1S(=O)(=O)Nc1ccc(N2CCN(C)CC2)cc1C(=O)O. The minimum Gasteiger partial charge on any atom is -0.478 e. The first-order valence-electron chi connectivity index (χ1n) is 8.67. The zero-order valence-corrected chi connectivity index (χ0v) is 16.2. The van der Waals surface area contributed by atoms with Gasteiger partial charge in [0.15, 0.2) is 0 Å². The molecule has 7 nitrogen and oxygen atoms in total. The number of benzene rings is 2. The number of aromatic carboxylic acids is 1. The third-order valence-corrected chi connectivity index (χ3v) is 6.26. The van der Waals surface area contributed by atoms with E-state index in [0.29, 0.717) is 5.56 Å². The Hall–Kier alpha value is -2.58. The fraction of sp³-hybridized carbons (Fsp3) is 0.316. The van der Waals surface area contributed by atoms with E-state index in [4.69, 9.17) is 0 Å². The number of aryl methyl sites for hydroxylation is 1. The van der Waals surface area contributed by atoms with E-state index in [1.54, 1.807) is 31.2 Å². The number of rotatable bonds is 5. The number of piperazine rings is 1. The van der Waals surface area contributed by atoms with Gasteiger partial charge in [-0.2, -0.15) is 0 Å². The lowest BCUT2D eigenvalue weighted by atomic mass is 10.1. The molecule has 3 rings (SSSR count). The second kappa shape index (κ2) is 7.58. The maximum Gasteiger partial charge on any atom is 0.337 e. The van der Waals surface area contributed by atoms with Gasteiger partial charge in [-0.05, 0) is 43.8 Å². The van der Waals surface area contributed by atoms with Gasteiger partial charge in [-0.3, -0.25) is 4.72 Å². The summed E-state index contributed by atoms with van der Waals surface area (Å²) in [6, 6.07) is 11.4. The molecule has 0 atom stereocenters. The van der Waals surface area contributed by atoms with Gasteiger partial charge in [-0.1, -0.05) is 18.2 Å². The summed E-state index contributed by atoms with van der Waals surface area (Å²) in [6.07, 6.45) is 0. The molecule has 1 saturated heterocycles. The number of carbonyl (C=O) groups is 1. The number of anilines is 2. The molecule has 2 aromatic rings. The highest BCUT2D eigenvalue weighted by molar-refractivity contribution is 7.92. The molecule has 0 bridgehead atoms. The third kappa shape index (κ3) is 4.23. The molecule has 0 amide bonds. The normalized spacial score (nSPS) is 15.6. The van der Waals surface area contributed by atoms with Crippen LogP contribution in [0.2, 0.25) is 0 Å². The standard InChI is InChI=1S/C19H23N3O4S/c1-14-5-3-4-6-18(14)27(25,26)20-17-8-7-15(13-16(17)19(23)24)22-11-9-21(2)10-12-22/h3-8,13,20H,9-12H2,1-2H3,(H,23,24). The zero-order chi connectivity index (χ0) is 19.6. The van der Waals surface area contributed by atoms with Crippen molar-refractivity contribution in [1.29, 1.82) is 0 Å². The number of likely N-dealkylation sites (N-methyl/N-ethyl adjacent to an activating group) is 1. The van der Waals surface area contributed by atoms with Crippen LogP contribution in [0, 0.1) is 6.92 Å². The molecule has 0 aromatic heterocycles. The van der Waals surface area contributed by atoms with E-state index in [-0.39, 0.29) is 16.1 Å². The van der Waals surface area contributed by atoms with Crippen molar-refractivity contribution in [3.05, 3.63) is 53.6 Å². The summed E-state index contributed by atoms with van der Waals surface area (Å²) in [6.45, 7) is 5.07. The first-order chi connectivity index (χ1) is 12.8. The molecule has 1 aliphatic rings. The first-order valence-corrected chi connectivity index (χ1v) is 10.2. The zero-order valence-electron chi connectivity index (χ0n) is 15.3. The lowest BCUT2D eigenvalue weighted by Crippen LogP contribution is -2.44. The summed E-state index contributed by atoms with van der Waals surface area (Å²) in [4.78, 5) is 16.2. The van der Waals surface area contributed by atoms with Crippen LogP contribution in [0.25, 0.3) is 0 Å². The molecule has 8 heteroatoms. The van der Waals surface area contributed by atoms with Gasteiger partial charge in [-0.25, -0.2) is 13.2 Å². The van der Waals surface area contributed by atoms with Gasteiger partial charge in [0.05, 0.1) is 16.1 Å². The average molecular weight is 389 g/mol. The van der Waals surface area contributed by atoms with Crippen LogP contribution in [-0.2, 0) is 10.0 Å². The summed E-state index contributed by atoms with van der Waals surface area (Å²) in [7, 11) is -1.83. The van der Waals surface area contributed by atoms with Crippen LogP contribution in [0.4, 0.5) is 11.4 Å². The maximum atomic E-state index is 12.7. The highest BCUT2D eigenvalue weighted by Gasteiger charge is 2.22. The summed E-state index contributed by atoms with van der Waals surface area (Å²) in [5.41, 5.74) is 1.36. The fourth-order valence-corrected chi connectivity index (χ4v) is 4.44. The van der Waals surface area contributed by atoms with E-state index in [9.17, 15) is 18.3 Å². The predicted octanol–water partition coefficient (Wildman–Crippen LogP) is 2.25. The minimum atomic E-state index is -3.88. The van der Waals surface area contributed by atoms with Gasteiger partial charge < -0.3 is 14.9 Å². The highest BCUT2D eigenvalue weighted by atomic mass is 32.2. The van der Waals surface area contributed by atoms with E-state index in [2.05, 4.69) is 14.5 Å². The van der Waals surface area contributed by atoms with Gasteiger partial charge in [0.25, 0.3) is 10.0 Å². The van der Waals surface area contributed by atoms with Gasteiger partial charge in [0.2, 0.25) is 0 Å². The van der Waals surface area contributed by atoms with Gasteiger partial charge in [-0.15, -0.1) is 0 Å². The molecule has 2 N–H and O–H groups in total. The number of sulfonamides is 1. The molecular formula is C19H23N3O4S. The van der Waals surface area contributed by atoms with E-state index >= 15 is 0 Å². The van der Waals surface area contributed by atoms with Gasteiger partial charge in [0.1, 0.15) is 0 Å². The molecule has 27 heavy (non-hydrogen) atoms. The van der Waals surface area contributed by atoms with Crippen LogP contribution in [-0.4, -0.2) is 57.6 Å². The molecule has 0 unspecified atom stereocenters. The number of carboxylic acid groups (broad SMARTS) is 1. The molecule has 0 saturated carbocycles. The largest absolute Gasteiger partial charge is 0.478 e. The number of hydrogen-bond donors (Lipinski definition) is 2. The van der Waals surface area contributed by atoms with Crippen molar-refractivity contribution in [1.82, 2.24) is 4.90 Å². The molecule has 1 fully saturated rings. The Morgan fingerprint density at radius 1 is 1.07 bits per heavy atom. The molecule has 144 valence electrons. The molecule has 1 aliphatic heterocycles. The molecule has 0 radical (unpaired) electrons. The van der Waals surface area contributed by atoms with Gasteiger partial charge >= 0.3 is 5.97 Å². The lowest BCUT2D eigenvalue weighted by Gasteiger charge is -2.34. The molecule has 0 aliphatic carbocycles. The molecule has 0 spiro atoms. The van der Waals surface area contributed by atoms with E-state index in [1.165, 1.54) is 18.2 Å². The number of hydrogen-bond acceptors (Lipinski definition) is 5. The van der Waals surface area contributed by atoms with Crippen molar-refractivity contribution in [2.75, 3.05) is 42.8 Å². The Morgan fingerprint density at radius 2 is 1.74 bits per heavy atom. The monoisotopic (exact) mass is 389 g/mol. The van der Waals surface area contributed by atoms with Crippen LogP contribution in [0.5, 0.6) is 0 Å². The van der Waals surface area contributed by atoms with Crippen molar-refractivity contribution >= 4 is 27.4 Å². The Bertz CT molecular complexity index is 951. The summed E-state index contributed by atoms with van der Waals surface area (Å²) in [5.74, 6) is -1.17. The van der Waals surface area contributed by atoms with Gasteiger partial charge in [0, 0.05) is 31.9 Å². The Morgan fingerprint density at radius 3 is 2.37 bits per heavy atom. The summed E-state index contributed by atoms with van der Waals surface area (Å²) >= 11 is 0. The molecular weight excluding hydrogens is 366 g/mol. The van der Waals surface area contributed by atoms with Crippen LogP contribution < -0.4 is 9.62 Å². The Labute approximate surface area is 159 Å². The highest BCUT2D eigenvalue weighted by Crippen LogP contribution is 2.27. The average Bonchev–Trinajstić information content (AvgIpc) is 2.62. The summed E-state index contributed by atoms with van der Waals surface area (Å²) < 4.78 is 27.8. The fourth-order valence-electron chi connectivity index (χ4n) is 3.12. The summed E-state index contributed by atoms with van der Waals surface area (Å²) in [5, 5.41) is 9.59. The second-order valence-corrected chi connectivity index (χ2v) is 8.35. The third-order valence-electron chi connectivity index (χ3n) is 4.73. The quantitative estimate of drug-likeness (QED) is 0.815. The van der Waals surface area contributed by atoms with Crippen LogP contribution in [0.15, 0.2) is 47.4 Å². The predicted molar refractivity (Wildman–Crippen MR) is 105 cm³/mol. The maximum absolute atomic E-state index is 12.7. The number of nitrogens with zero attached hydrogens (tertiary/aromatic N) is 2. The lowest BCUT2D eigenvalue weighted by molar-refractivity contribution is 0.0698. The number of nitrogens with one attached hydrogen (secondary N) is 1. The van der Waals surface area contributed by atoms with Crippen LogP contribution >= 0.6 is 0 Å². The van der Waals surface area contributed by atoms with E-state index in [0.717, 1.165) is 31.9 Å². The van der Waals surface area contributed by atoms with Crippen molar-refractivity contribution in [2.45, 2.75) is 11.8 Å². The minimum absolute atomic E-state index is 0.0589. The molecule has 1 heterocycles. The first kappa shape index (κ1) is 19.2. The smallest absolute Gasteiger partial charge is 0.337 e. The van der Waals surface area contributed by atoms with Crippen molar-refractivity contribution in [3.8, 4) is 0 Å². The van der Waals surface area contributed by atoms with Crippen molar-refractivity contribution in [2.24, 2.45) is 0 Å². The molecule has 2 aromatic carbocycles. The second-order valence-electron chi connectivity index (χ2n) is 6.70. The Balaban J connectivity index is 1.92. The van der Waals surface area contributed by atoms with Crippen molar-refractivity contribution < 1.29 is 18.3 Å².